The third-order valence-corrected chi connectivity index (χ3v) is 8.55. The molecule has 2 aromatic carbocycles. The SMILES string of the molecule is Cc1nc(COc2ccc(CC(C(C)O)N(CC(C)C)S(=O)(=O)c3ccc4c(c3)OCO4)cc2)cs1. The molecule has 1 aliphatic rings. The average Bonchev–Trinajstić information content (AvgIpc) is 3.48. The number of nitrogens with zero attached hydrogens (tertiary/aromatic N) is 2. The molecule has 3 aromatic rings. The Morgan fingerprint density at radius 3 is 2.47 bits per heavy atom. The maximum Gasteiger partial charge on any atom is 0.243 e. The Hall–Kier alpha value is -2.66. The van der Waals surface area contributed by atoms with Crippen LogP contribution in [0.2, 0.25) is 0 Å². The number of fused-ring (bicyclic) bond motifs is 1. The number of aliphatic hydroxyl groups excluding tert-OH is 1. The van der Waals surface area contributed by atoms with Gasteiger partial charge in [-0.05, 0) is 56.0 Å². The first kappa shape index (κ1) is 26.4. The van der Waals surface area contributed by atoms with Crippen molar-refractivity contribution in [3.63, 3.8) is 0 Å². The number of hydrogen-bond acceptors (Lipinski definition) is 8. The Balaban J connectivity index is 1.54. The number of thiazole rings is 1. The Labute approximate surface area is 216 Å². The number of benzene rings is 2. The van der Waals surface area contributed by atoms with E-state index < -0.39 is 22.2 Å². The minimum absolute atomic E-state index is 0.0557. The highest BCUT2D eigenvalue weighted by Crippen LogP contribution is 2.35. The van der Waals surface area contributed by atoms with Gasteiger partial charge >= 0.3 is 0 Å². The van der Waals surface area contributed by atoms with E-state index in [-0.39, 0.29) is 24.2 Å². The summed E-state index contributed by atoms with van der Waals surface area (Å²) >= 11 is 1.58. The zero-order valence-corrected chi connectivity index (χ0v) is 22.5. The molecule has 194 valence electrons. The maximum atomic E-state index is 13.8. The molecule has 0 amide bonds. The first-order valence-electron chi connectivity index (χ1n) is 11.9. The van der Waals surface area contributed by atoms with Crippen LogP contribution in [0.5, 0.6) is 17.2 Å². The van der Waals surface area contributed by atoms with E-state index in [1.807, 2.05) is 50.4 Å². The van der Waals surface area contributed by atoms with Crippen LogP contribution in [0.4, 0.5) is 0 Å². The van der Waals surface area contributed by atoms with E-state index in [1.54, 1.807) is 24.3 Å². The van der Waals surface area contributed by atoms with E-state index in [0.29, 0.717) is 30.3 Å². The number of aryl methyl sites for hydroxylation is 1. The zero-order valence-electron chi connectivity index (χ0n) is 20.9. The zero-order chi connectivity index (χ0) is 25.9. The summed E-state index contributed by atoms with van der Waals surface area (Å²) < 4.78 is 45.5. The highest BCUT2D eigenvalue weighted by Gasteiger charge is 2.35. The molecule has 1 aromatic heterocycles. The predicted octanol–water partition coefficient (Wildman–Crippen LogP) is 4.40. The van der Waals surface area contributed by atoms with Crippen molar-refractivity contribution in [2.75, 3.05) is 13.3 Å². The first-order valence-corrected chi connectivity index (χ1v) is 14.2. The standard InChI is InChI=1S/C26H32N2O6S2/c1-17(2)13-28(36(30,31)23-9-10-25-26(12-23)34-16-33-25)24(18(3)29)11-20-5-7-22(8-6-20)32-14-21-15-35-19(4)27-21/h5-10,12,15,17-18,24,29H,11,13-14,16H2,1-4H3. The molecule has 36 heavy (non-hydrogen) atoms. The van der Waals surface area contributed by atoms with Gasteiger partial charge in [0.2, 0.25) is 16.8 Å². The number of aromatic nitrogens is 1. The summed E-state index contributed by atoms with van der Waals surface area (Å²) in [7, 11) is -3.92. The second-order valence-corrected chi connectivity index (χ2v) is 12.2. The van der Waals surface area contributed by atoms with E-state index in [9.17, 15) is 13.5 Å². The van der Waals surface area contributed by atoms with Crippen molar-refractivity contribution < 1.29 is 27.7 Å². The van der Waals surface area contributed by atoms with Gasteiger partial charge in [-0.15, -0.1) is 11.3 Å². The van der Waals surface area contributed by atoms with Gasteiger partial charge in [0.15, 0.2) is 11.5 Å². The molecular formula is C26H32N2O6S2. The molecule has 0 saturated carbocycles. The van der Waals surface area contributed by atoms with Gasteiger partial charge in [-0.2, -0.15) is 4.31 Å². The van der Waals surface area contributed by atoms with Crippen LogP contribution in [0.3, 0.4) is 0 Å². The summed E-state index contributed by atoms with van der Waals surface area (Å²) in [5, 5.41) is 13.7. The van der Waals surface area contributed by atoms with Crippen molar-refractivity contribution in [2.24, 2.45) is 5.92 Å². The van der Waals surface area contributed by atoms with Crippen LogP contribution in [0.25, 0.3) is 0 Å². The molecule has 0 spiro atoms. The quantitative estimate of drug-likeness (QED) is 0.391. The summed E-state index contributed by atoms with van der Waals surface area (Å²) in [6.07, 6.45) is -0.545. The number of rotatable bonds is 11. The van der Waals surface area contributed by atoms with Gasteiger partial charge in [-0.25, -0.2) is 13.4 Å². The number of aliphatic hydroxyl groups is 1. The lowest BCUT2D eigenvalue weighted by Gasteiger charge is -2.34. The largest absolute Gasteiger partial charge is 0.487 e. The lowest BCUT2D eigenvalue weighted by molar-refractivity contribution is 0.0993. The topological polar surface area (TPSA) is 98.2 Å². The summed E-state index contributed by atoms with van der Waals surface area (Å²) in [6, 6.07) is 11.5. The Morgan fingerprint density at radius 2 is 1.83 bits per heavy atom. The summed E-state index contributed by atoms with van der Waals surface area (Å²) in [5.41, 5.74) is 1.78. The van der Waals surface area contributed by atoms with Crippen molar-refractivity contribution in [1.29, 1.82) is 0 Å². The van der Waals surface area contributed by atoms with Gasteiger partial charge < -0.3 is 19.3 Å². The molecule has 0 bridgehead atoms. The fraction of sp³-hybridized carbons (Fsp3) is 0.423. The molecule has 1 aliphatic heterocycles. The number of hydrogen-bond donors (Lipinski definition) is 1. The van der Waals surface area contributed by atoms with Gasteiger partial charge in [0.05, 0.1) is 27.7 Å². The third kappa shape index (κ3) is 6.18. The highest BCUT2D eigenvalue weighted by atomic mass is 32.2. The molecular weight excluding hydrogens is 500 g/mol. The molecule has 10 heteroatoms. The van der Waals surface area contributed by atoms with Gasteiger partial charge in [0, 0.05) is 18.0 Å². The van der Waals surface area contributed by atoms with Crippen LogP contribution in [-0.4, -0.2) is 48.3 Å². The van der Waals surface area contributed by atoms with E-state index >= 15 is 0 Å². The summed E-state index contributed by atoms with van der Waals surface area (Å²) in [5.74, 6) is 1.67. The fourth-order valence-electron chi connectivity index (χ4n) is 4.05. The smallest absolute Gasteiger partial charge is 0.243 e. The normalized spacial score (nSPS) is 14.9. The summed E-state index contributed by atoms with van der Waals surface area (Å²) in [4.78, 5) is 4.51. The second kappa shape index (κ2) is 11.2. The van der Waals surface area contributed by atoms with Gasteiger partial charge in [0.1, 0.15) is 12.4 Å². The monoisotopic (exact) mass is 532 g/mol. The Bertz CT molecular complexity index is 1270. The highest BCUT2D eigenvalue weighted by molar-refractivity contribution is 7.89. The Kier molecular flexibility index (Phi) is 8.19. The minimum atomic E-state index is -3.92. The third-order valence-electron chi connectivity index (χ3n) is 5.84. The fourth-order valence-corrected chi connectivity index (χ4v) is 6.52. The number of sulfonamides is 1. The molecule has 0 fully saturated rings. The molecule has 2 atom stereocenters. The molecule has 2 unspecified atom stereocenters. The van der Waals surface area contributed by atoms with E-state index in [4.69, 9.17) is 14.2 Å². The molecule has 0 radical (unpaired) electrons. The van der Waals surface area contributed by atoms with Crippen molar-refractivity contribution in [2.45, 2.75) is 57.8 Å². The lowest BCUT2D eigenvalue weighted by Crippen LogP contribution is -2.48. The van der Waals surface area contributed by atoms with Gasteiger partial charge in [-0.1, -0.05) is 26.0 Å². The molecule has 0 aliphatic carbocycles. The average molecular weight is 533 g/mol. The maximum absolute atomic E-state index is 13.8. The van der Waals surface area contributed by atoms with Crippen molar-refractivity contribution >= 4 is 21.4 Å². The molecule has 4 rings (SSSR count). The van der Waals surface area contributed by atoms with Crippen LogP contribution in [0.1, 0.15) is 37.0 Å². The number of ether oxygens (including phenoxy) is 3. The minimum Gasteiger partial charge on any atom is -0.487 e. The van der Waals surface area contributed by atoms with Crippen molar-refractivity contribution in [3.8, 4) is 17.2 Å². The Morgan fingerprint density at radius 1 is 1.11 bits per heavy atom. The first-order chi connectivity index (χ1) is 17.1. The van der Waals surface area contributed by atoms with Gasteiger partial charge in [0.25, 0.3) is 0 Å². The second-order valence-electron chi connectivity index (χ2n) is 9.29. The van der Waals surface area contributed by atoms with Crippen LogP contribution in [-0.2, 0) is 23.1 Å². The van der Waals surface area contributed by atoms with Crippen LogP contribution >= 0.6 is 11.3 Å². The van der Waals surface area contributed by atoms with Crippen LogP contribution in [0.15, 0.2) is 52.7 Å². The van der Waals surface area contributed by atoms with Crippen LogP contribution < -0.4 is 14.2 Å². The molecule has 1 N–H and O–H groups in total. The lowest BCUT2D eigenvalue weighted by atomic mass is 10.0. The van der Waals surface area contributed by atoms with E-state index in [1.165, 1.54) is 16.4 Å². The van der Waals surface area contributed by atoms with Crippen molar-refractivity contribution in [1.82, 2.24) is 9.29 Å². The molecule has 0 saturated heterocycles. The van der Waals surface area contributed by atoms with E-state index in [0.717, 1.165) is 16.3 Å². The summed E-state index contributed by atoms with van der Waals surface area (Å²) in [6.45, 7) is 8.20. The molecule has 8 nitrogen and oxygen atoms in total. The van der Waals surface area contributed by atoms with Crippen LogP contribution in [0, 0.1) is 12.8 Å². The predicted molar refractivity (Wildman–Crippen MR) is 138 cm³/mol. The van der Waals surface area contributed by atoms with Crippen molar-refractivity contribution in [3.05, 3.63) is 64.1 Å². The van der Waals surface area contributed by atoms with Gasteiger partial charge in [-0.3, -0.25) is 0 Å². The molecule has 2 heterocycles. The van der Waals surface area contributed by atoms with E-state index in [2.05, 4.69) is 4.98 Å².